The Morgan fingerprint density at radius 3 is 2.58 bits per heavy atom. The maximum atomic E-state index is 12.9. The van der Waals surface area contributed by atoms with Gasteiger partial charge in [0.05, 0.1) is 31.0 Å². The zero-order chi connectivity index (χ0) is 24.3. The second-order valence-corrected chi connectivity index (χ2v) is 8.27. The molecular formula is C25H26ClN3O4. The van der Waals surface area contributed by atoms with Gasteiger partial charge in [-0.15, -0.1) is 0 Å². The number of nitrogens with zero attached hydrogens (tertiary/aromatic N) is 3. The van der Waals surface area contributed by atoms with E-state index in [1.165, 1.54) is 7.11 Å². The zero-order valence-corrected chi connectivity index (χ0v) is 20.0. The molecule has 1 unspecified atom stereocenters. The van der Waals surface area contributed by atoms with E-state index in [0.717, 1.165) is 5.56 Å². The number of carbonyl (C=O) groups excluding carboxylic acids is 1. The summed E-state index contributed by atoms with van der Waals surface area (Å²) in [6.07, 6.45) is -1.15. The zero-order valence-electron chi connectivity index (χ0n) is 19.2. The summed E-state index contributed by atoms with van der Waals surface area (Å²) >= 11 is 6.11. The van der Waals surface area contributed by atoms with Gasteiger partial charge in [0.15, 0.2) is 5.69 Å². The normalized spacial score (nSPS) is 11.8. The molecule has 33 heavy (non-hydrogen) atoms. The first-order valence-corrected chi connectivity index (χ1v) is 10.9. The quantitative estimate of drug-likeness (QED) is 0.485. The third-order valence-corrected chi connectivity index (χ3v) is 5.55. The van der Waals surface area contributed by atoms with Crippen molar-refractivity contribution in [2.24, 2.45) is 0 Å². The van der Waals surface area contributed by atoms with Gasteiger partial charge in [-0.3, -0.25) is 0 Å². The first kappa shape index (κ1) is 24.3. The first-order chi connectivity index (χ1) is 15.7. The van der Waals surface area contributed by atoms with Gasteiger partial charge in [-0.1, -0.05) is 31.5 Å². The summed E-state index contributed by atoms with van der Waals surface area (Å²) < 4.78 is 12.3. The van der Waals surface area contributed by atoms with Crippen LogP contribution in [0.1, 0.15) is 71.2 Å². The van der Waals surface area contributed by atoms with Crippen LogP contribution < -0.4 is 4.74 Å². The van der Waals surface area contributed by atoms with Crippen LogP contribution in [0.5, 0.6) is 5.75 Å². The minimum atomic E-state index is -1.15. The van der Waals surface area contributed by atoms with Crippen LogP contribution in [0, 0.1) is 18.3 Å². The molecule has 0 aliphatic heterocycles. The van der Waals surface area contributed by atoms with Crippen molar-refractivity contribution >= 4 is 17.6 Å². The number of carbonyl (C=O) groups is 1. The molecule has 2 aromatic carbocycles. The molecule has 0 fully saturated rings. The Morgan fingerprint density at radius 1 is 1.27 bits per heavy atom. The van der Waals surface area contributed by atoms with E-state index in [0.29, 0.717) is 38.8 Å². The molecule has 0 amide bonds. The largest absolute Gasteiger partial charge is 0.494 e. The van der Waals surface area contributed by atoms with Gasteiger partial charge >= 0.3 is 5.97 Å². The van der Waals surface area contributed by atoms with Crippen LogP contribution >= 0.6 is 11.6 Å². The standard InChI is InChI=1S/C25H26ClN3O4/c1-6-33-25(31)22-21(24(30)18-9-8-17(26)11-15(18)4)23(14(2)3)29(28-22)19-12-16(13-27)7-10-20(19)32-5/h7-12,14,24,30H,6H2,1-5H3. The Labute approximate surface area is 198 Å². The number of aliphatic hydroxyl groups excluding tert-OH is 1. The molecule has 1 heterocycles. The number of rotatable bonds is 7. The highest BCUT2D eigenvalue weighted by Crippen LogP contribution is 2.37. The van der Waals surface area contributed by atoms with E-state index in [4.69, 9.17) is 21.1 Å². The lowest BCUT2D eigenvalue weighted by atomic mass is 9.92. The van der Waals surface area contributed by atoms with E-state index < -0.39 is 12.1 Å². The molecular weight excluding hydrogens is 442 g/mol. The maximum Gasteiger partial charge on any atom is 0.359 e. The van der Waals surface area contributed by atoms with Crippen LogP contribution in [-0.4, -0.2) is 34.6 Å². The van der Waals surface area contributed by atoms with Crippen molar-refractivity contribution in [2.75, 3.05) is 13.7 Å². The fourth-order valence-electron chi connectivity index (χ4n) is 3.83. The predicted octanol–water partition coefficient (Wildman–Crippen LogP) is 5.10. The number of hydrogen-bond acceptors (Lipinski definition) is 6. The number of aromatic nitrogens is 2. The SMILES string of the molecule is CCOC(=O)c1nn(-c2cc(C#N)ccc2OC)c(C(C)C)c1C(O)c1ccc(Cl)cc1C. The van der Waals surface area contributed by atoms with Gasteiger partial charge < -0.3 is 14.6 Å². The van der Waals surface area contributed by atoms with E-state index in [9.17, 15) is 15.2 Å². The fraction of sp³-hybridized carbons (Fsp3) is 0.320. The summed E-state index contributed by atoms with van der Waals surface area (Å²) in [5.41, 5.74) is 3.22. The number of nitriles is 1. The summed E-state index contributed by atoms with van der Waals surface area (Å²) in [5, 5.41) is 26.0. The molecule has 1 atom stereocenters. The van der Waals surface area contributed by atoms with Gasteiger partial charge in [0.25, 0.3) is 0 Å². The minimum absolute atomic E-state index is 0.00631. The van der Waals surface area contributed by atoms with Crippen molar-refractivity contribution < 1.29 is 19.4 Å². The first-order valence-electron chi connectivity index (χ1n) is 10.6. The lowest BCUT2D eigenvalue weighted by Crippen LogP contribution is -2.13. The van der Waals surface area contributed by atoms with Gasteiger partial charge in [-0.2, -0.15) is 10.4 Å². The Balaban J connectivity index is 2.36. The topological polar surface area (TPSA) is 97.4 Å². The molecule has 7 nitrogen and oxygen atoms in total. The van der Waals surface area contributed by atoms with E-state index in [-0.39, 0.29) is 18.2 Å². The van der Waals surface area contributed by atoms with Gasteiger partial charge in [-0.05, 0) is 61.2 Å². The molecule has 3 aromatic rings. The average Bonchev–Trinajstić information content (AvgIpc) is 3.19. The Morgan fingerprint density at radius 2 is 2.00 bits per heavy atom. The van der Waals surface area contributed by atoms with Crippen molar-refractivity contribution in [3.63, 3.8) is 0 Å². The number of hydrogen-bond donors (Lipinski definition) is 1. The van der Waals surface area contributed by atoms with Gasteiger partial charge in [0.2, 0.25) is 0 Å². The third kappa shape index (κ3) is 4.72. The molecule has 0 aliphatic carbocycles. The molecule has 1 aromatic heterocycles. The van der Waals surface area contributed by atoms with E-state index >= 15 is 0 Å². The van der Waals surface area contributed by atoms with Crippen molar-refractivity contribution in [2.45, 2.75) is 39.7 Å². The smallest absolute Gasteiger partial charge is 0.359 e. The van der Waals surface area contributed by atoms with Gasteiger partial charge in [-0.25, -0.2) is 9.48 Å². The third-order valence-electron chi connectivity index (χ3n) is 5.31. The van der Waals surface area contributed by atoms with E-state index in [1.807, 2.05) is 20.8 Å². The monoisotopic (exact) mass is 467 g/mol. The number of aliphatic hydroxyl groups is 1. The van der Waals surface area contributed by atoms with E-state index in [1.54, 1.807) is 48.0 Å². The molecule has 0 aliphatic rings. The van der Waals surface area contributed by atoms with Crippen LogP contribution in [0.2, 0.25) is 5.02 Å². The van der Waals surface area contributed by atoms with Crippen LogP contribution in [0.3, 0.4) is 0 Å². The Bertz CT molecular complexity index is 1230. The molecule has 1 N–H and O–H groups in total. The number of ether oxygens (including phenoxy) is 2. The predicted molar refractivity (Wildman–Crippen MR) is 125 cm³/mol. The van der Waals surface area contributed by atoms with Crippen LogP contribution in [0.15, 0.2) is 36.4 Å². The Hall–Kier alpha value is -3.34. The van der Waals surface area contributed by atoms with Crippen LogP contribution in [-0.2, 0) is 4.74 Å². The number of aryl methyl sites for hydroxylation is 1. The molecule has 8 heteroatoms. The number of halogens is 1. The number of esters is 1. The van der Waals surface area contributed by atoms with Crippen molar-refractivity contribution in [3.8, 4) is 17.5 Å². The van der Waals surface area contributed by atoms with Gasteiger partial charge in [0.1, 0.15) is 17.5 Å². The minimum Gasteiger partial charge on any atom is -0.494 e. The molecule has 3 rings (SSSR count). The molecule has 0 spiro atoms. The molecule has 0 bridgehead atoms. The van der Waals surface area contributed by atoms with Gasteiger partial charge in [0, 0.05) is 10.6 Å². The molecule has 0 radical (unpaired) electrons. The number of benzene rings is 2. The summed E-state index contributed by atoms with van der Waals surface area (Å²) in [6, 6.07) is 12.2. The van der Waals surface area contributed by atoms with Crippen molar-refractivity contribution in [1.82, 2.24) is 9.78 Å². The fourth-order valence-corrected chi connectivity index (χ4v) is 4.06. The molecule has 0 saturated carbocycles. The summed E-state index contributed by atoms with van der Waals surface area (Å²) in [6.45, 7) is 7.58. The lowest BCUT2D eigenvalue weighted by Gasteiger charge is -2.19. The highest BCUT2D eigenvalue weighted by Gasteiger charge is 2.32. The highest BCUT2D eigenvalue weighted by atomic mass is 35.5. The average molecular weight is 468 g/mol. The van der Waals surface area contributed by atoms with Crippen molar-refractivity contribution in [1.29, 1.82) is 5.26 Å². The number of methoxy groups -OCH3 is 1. The second-order valence-electron chi connectivity index (χ2n) is 7.84. The van der Waals surface area contributed by atoms with E-state index in [2.05, 4.69) is 11.2 Å². The summed E-state index contributed by atoms with van der Waals surface area (Å²) in [5.74, 6) is -0.319. The molecule has 0 saturated heterocycles. The summed E-state index contributed by atoms with van der Waals surface area (Å²) in [7, 11) is 1.52. The maximum absolute atomic E-state index is 12.9. The lowest BCUT2D eigenvalue weighted by molar-refractivity contribution is 0.0513. The second kappa shape index (κ2) is 10.1. The van der Waals surface area contributed by atoms with Crippen LogP contribution in [0.25, 0.3) is 5.69 Å². The van der Waals surface area contributed by atoms with Crippen LogP contribution in [0.4, 0.5) is 0 Å². The molecule has 172 valence electrons. The Kier molecular flexibility index (Phi) is 7.42. The van der Waals surface area contributed by atoms with Crippen molar-refractivity contribution in [3.05, 3.63) is 75.1 Å². The summed E-state index contributed by atoms with van der Waals surface area (Å²) in [4.78, 5) is 12.9. The highest BCUT2D eigenvalue weighted by molar-refractivity contribution is 6.30.